The van der Waals surface area contributed by atoms with Crippen molar-refractivity contribution in [1.82, 2.24) is 0 Å². The average molecular weight is 216 g/mol. The third kappa shape index (κ3) is 3.18. The van der Waals surface area contributed by atoms with Crippen molar-refractivity contribution in [3.63, 3.8) is 0 Å². The maximum absolute atomic E-state index is 5.98. The van der Waals surface area contributed by atoms with Crippen LogP contribution >= 0.6 is 11.6 Å². The Kier molecular flexibility index (Phi) is 4.73. The smallest absolute Gasteiger partial charge is 0.137 e. The van der Waals surface area contributed by atoms with Gasteiger partial charge in [-0.25, -0.2) is 5.90 Å². The zero-order chi connectivity index (χ0) is 10.4. The summed E-state index contributed by atoms with van der Waals surface area (Å²) in [5.74, 6) is 5.66. The Balaban J connectivity index is 2.68. The van der Waals surface area contributed by atoms with Gasteiger partial charge in [-0.2, -0.15) is 0 Å². The second-order valence-corrected chi connectivity index (χ2v) is 3.33. The van der Waals surface area contributed by atoms with Crippen LogP contribution in [0.5, 0.6) is 5.75 Å². The molecule has 2 N–H and O–H groups in total. The predicted molar refractivity (Wildman–Crippen MR) is 56.2 cm³/mol. The monoisotopic (exact) mass is 215 g/mol. The largest absolute Gasteiger partial charge is 0.492 e. The van der Waals surface area contributed by atoms with Gasteiger partial charge in [0.25, 0.3) is 0 Å². The maximum Gasteiger partial charge on any atom is 0.137 e. The molecule has 0 aliphatic rings. The van der Waals surface area contributed by atoms with Gasteiger partial charge in [0.2, 0.25) is 0 Å². The summed E-state index contributed by atoms with van der Waals surface area (Å²) in [6.07, 6.45) is 0.962. The molecule has 78 valence electrons. The van der Waals surface area contributed by atoms with Crippen LogP contribution in [-0.2, 0) is 11.4 Å². The zero-order valence-electron chi connectivity index (χ0n) is 8.13. The molecule has 0 unspecified atom stereocenters. The summed E-state index contributed by atoms with van der Waals surface area (Å²) < 4.78 is 5.42. The van der Waals surface area contributed by atoms with Crippen molar-refractivity contribution in [1.29, 1.82) is 0 Å². The maximum atomic E-state index is 5.98. The molecule has 0 radical (unpaired) electrons. The third-order valence-electron chi connectivity index (χ3n) is 1.71. The summed E-state index contributed by atoms with van der Waals surface area (Å²) in [7, 11) is 0. The minimum Gasteiger partial charge on any atom is -0.492 e. The third-order valence-corrected chi connectivity index (χ3v) is 2.00. The van der Waals surface area contributed by atoms with E-state index in [1.165, 1.54) is 0 Å². The Morgan fingerprint density at radius 1 is 1.43 bits per heavy atom. The molecule has 0 heterocycles. The molecule has 0 saturated carbocycles. The predicted octanol–water partition coefficient (Wildman–Crippen LogP) is 2.52. The number of rotatable bonds is 5. The Labute approximate surface area is 88.7 Å². The number of hydrogen-bond donors (Lipinski definition) is 1. The van der Waals surface area contributed by atoms with Crippen molar-refractivity contribution < 1.29 is 9.57 Å². The van der Waals surface area contributed by atoms with Crippen molar-refractivity contribution in [3.05, 3.63) is 28.8 Å². The van der Waals surface area contributed by atoms with Crippen molar-refractivity contribution in [3.8, 4) is 5.75 Å². The second-order valence-electron chi connectivity index (χ2n) is 2.92. The molecule has 0 aliphatic heterocycles. The van der Waals surface area contributed by atoms with Crippen LogP contribution in [-0.4, -0.2) is 6.61 Å². The minimum absolute atomic E-state index is 0.355. The van der Waals surface area contributed by atoms with Crippen LogP contribution in [0.25, 0.3) is 0 Å². The van der Waals surface area contributed by atoms with Crippen LogP contribution in [0.4, 0.5) is 0 Å². The molecule has 0 saturated heterocycles. The van der Waals surface area contributed by atoms with Crippen molar-refractivity contribution in [2.24, 2.45) is 5.90 Å². The van der Waals surface area contributed by atoms with E-state index in [2.05, 4.69) is 4.84 Å². The Hall–Kier alpha value is -0.770. The van der Waals surface area contributed by atoms with Gasteiger partial charge in [-0.15, -0.1) is 0 Å². The topological polar surface area (TPSA) is 44.5 Å². The molecule has 1 aromatic carbocycles. The Morgan fingerprint density at radius 3 is 2.79 bits per heavy atom. The van der Waals surface area contributed by atoms with Crippen molar-refractivity contribution in [2.45, 2.75) is 20.0 Å². The van der Waals surface area contributed by atoms with Gasteiger partial charge in [0, 0.05) is 0 Å². The minimum atomic E-state index is 0.355. The van der Waals surface area contributed by atoms with Gasteiger partial charge in [0.1, 0.15) is 5.75 Å². The van der Waals surface area contributed by atoms with Gasteiger partial charge in [0.05, 0.1) is 18.2 Å². The highest BCUT2D eigenvalue weighted by molar-refractivity contribution is 6.32. The van der Waals surface area contributed by atoms with Crippen LogP contribution in [0.3, 0.4) is 0 Å². The molecule has 0 atom stereocenters. The van der Waals surface area contributed by atoms with Gasteiger partial charge < -0.3 is 4.74 Å². The first kappa shape index (κ1) is 11.3. The van der Waals surface area contributed by atoms with Crippen LogP contribution in [0.1, 0.15) is 18.9 Å². The lowest BCUT2D eigenvalue weighted by Crippen LogP contribution is -2.00. The molecular formula is C10H14ClNO2. The highest BCUT2D eigenvalue weighted by atomic mass is 35.5. The fourth-order valence-corrected chi connectivity index (χ4v) is 1.32. The second kappa shape index (κ2) is 5.86. The molecule has 3 nitrogen and oxygen atoms in total. The first-order valence-corrected chi connectivity index (χ1v) is 4.88. The van der Waals surface area contributed by atoms with Crippen LogP contribution in [0.2, 0.25) is 5.02 Å². The quantitative estimate of drug-likeness (QED) is 0.768. The van der Waals surface area contributed by atoms with E-state index >= 15 is 0 Å². The average Bonchev–Trinajstić information content (AvgIpc) is 2.17. The SMILES string of the molecule is CCCOc1ccc(CON)cc1Cl. The number of benzene rings is 1. The summed E-state index contributed by atoms with van der Waals surface area (Å²) in [6, 6.07) is 5.50. The highest BCUT2D eigenvalue weighted by Gasteiger charge is 2.02. The normalized spacial score (nSPS) is 10.2. The van der Waals surface area contributed by atoms with Crippen LogP contribution in [0.15, 0.2) is 18.2 Å². The highest BCUT2D eigenvalue weighted by Crippen LogP contribution is 2.25. The summed E-state index contributed by atoms with van der Waals surface area (Å²) in [6.45, 7) is 3.07. The zero-order valence-corrected chi connectivity index (χ0v) is 8.88. The van der Waals surface area contributed by atoms with E-state index in [9.17, 15) is 0 Å². The van der Waals surface area contributed by atoms with Gasteiger partial charge in [-0.3, -0.25) is 4.84 Å². The van der Waals surface area contributed by atoms with Crippen molar-refractivity contribution >= 4 is 11.6 Å². The van der Waals surface area contributed by atoms with E-state index in [1.54, 1.807) is 6.07 Å². The molecular weight excluding hydrogens is 202 g/mol. The molecule has 4 heteroatoms. The Morgan fingerprint density at radius 2 is 2.21 bits per heavy atom. The summed E-state index contributed by atoms with van der Waals surface area (Å²) in [5, 5.41) is 0.591. The Bertz CT molecular complexity index is 291. The molecule has 0 spiro atoms. The lowest BCUT2D eigenvalue weighted by Gasteiger charge is -2.07. The van der Waals surface area contributed by atoms with E-state index in [4.69, 9.17) is 22.2 Å². The van der Waals surface area contributed by atoms with Crippen LogP contribution < -0.4 is 10.6 Å². The van der Waals surface area contributed by atoms with E-state index in [1.807, 2.05) is 19.1 Å². The van der Waals surface area contributed by atoms with Gasteiger partial charge in [-0.05, 0) is 24.1 Å². The standard InChI is InChI=1S/C10H14ClNO2/c1-2-5-13-10-4-3-8(7-14-12)6-9(10)11/h3-4,6H,2,5,7,12H2,1H3. The van der Waals surface area contributed by atoms with Crippen LogP contribution in [0, 0.1) is 0 Å². The van der Waals surface area contributed by atoms with E-state index in [-0.39, 0.29) is 0 Å². The van der Waals surface area contributed by atoms with Crippen molar-refractivity contribution in [2.75, 3.05) is 6.61 Å². The van der Waals surface area contributed by atoms with Gasteiger partial charge >= 0.3 is 0 Å². The van der Waals surface area contributed by atoms with E-state index in [0.717, 1.165) is 12.0 Å². The number of halogens is 1. The molecule has 0 aliphatic carbocycles. The molecule has 0 bridgehead atoms. The number of nitrogens with two attached hydrogens (primary N) is 1. The molecule has 1 aromatic rings. The summed E-state index contributed by atoms with van der Waals surface area (Å²) in [5.41, 5.74) is 0.932. The lowest BCUT2D eigenvalue weighted by molar-refractivity contribution is 0.124. The first-order valence-electron chi connectivity index (χ1n) is 4.50. The first-order chi connectivity index (χ1) is 6.77. The van der Waals surface area contributed by atoms with Gasteiger partial charge in [0.15, 0.2) is 0 Å². The molecule has 0 aromatic heterocycles. The van der Waals surface area contributed by atoms with E-state index < -0.39 is 0 Å². The number of hydrogen-bond acceptors (Lipinski definition) is 3. The molecule has 1 rings (SSSR count). The fourth-order valence-electron chi connectivity index (χ4n) is 1.06. The van der Waals surface area contributed by atoms with E-state index in [0.29, 0.717) is 24.0 Å². The van der Waals surface area contributed by atoms with Gasteiger partial charge in [-0.1, -0.05) is 24.6 Å². The lowest BCUT2D eigenvalue weighted by atomic mass is 10.2. The summed E-state index contributed by atoms with van der Waals surface area (Å²) in [4.78, 5) is 4.50. The summed E-state index contributed by atoms with van der Waals surface area (Å²) >= 11 is 5.98. The number of ether oxygens (including phenoxy) is 1. The molecule has 0 amide bonds. The molecule has 0 fully saturated rings. The fraction of sp³-hybridized carbons (Fsp3) is 0.400. The molecule has 14 heavy (non-hydrogen) atoms.